The van der Waals surface area contributed by atoms with E-state index in [1.165, 1.54) is 21.9 Å². The molecule has 112 valence electrons. The Morgan fingerprint density at radius 3 is 3.14 bits per heavy atom. The van der Waals surface area contributed by atoms with Crippen molar-refractivity contribution in [2.24, 2.45) is 0 Å². The largest absolute Gasteiger partial charge is 0.337 e. The van der Waals surface area contributed by atoms with Crippen molar-refractivity contribution in [3.8, 4) is 0 Å². The van der Waals surface area contributed by atoms with Crippen LogP contribution in [0, 0.1) is 0 Å². The Kier molecular flexibility index (Phi) is 4.00. The topological polar surface area (TPSA) is 51.0 Å². The van der Waals surface area contributed by atoms with Gasteiger partial charge in [-0.1, -0.05) is 12.1 Å². The SMILES string of the molecule is CC1SCCSC1c1noc(C2NCCc3sccc32)n1. The summed E-state index contributed by atoms with van der Waals surface area (Å²) in [5.74, 6) is 3.96. The molecule has 4 heterocycles. The van der Waals surface area contributed by atoms with Gasteiger partial charge in [0.25, 0.3) is 0 Å². The first kappa shape index (κ1) is 14.1. The van der Waals surface area contributed by atoms with Crippen molar-refractivity contribution < 1.29 is 4.52 Å². The lowest BCUT2D eigenvalue weighted by molar-refractivity contribution is 0.341. The predicted molar refractivity (Wildman–Crippen MR) is 89.3 cm³/mol. The van der Waals surface area contributed by atoms with Crippen molar-refractivity contribution in [3.63, 3.8) is 0 Å². The fourth-order valence-electron chi connectivity index (χ4n) is 2.87. The van der Waals surface area contributed by atoms with Crippen LogP contribution in [-0.2, 0) is 6.42 Å². The number of aromatic nitrogens is 2. The monoisotopic (exact) mass is 339 g/mol. The van der Waals surface area contributed by atoms with Gasteiger partial charge < -0.3 is 9.84 Å². The lowest BCUT2D eigenvalue weighted by Gasteiger charge is -2.25. The Hall–Kier alpha value is -0.500. The molecule has 0 aliphatic carbocycles. The Morgan fingerprint density at radius 2 is 2.24 bits per heavy atom. The van der Waals surface area contributed by atoms with E-state index in [0.29, 0.717) is 16.4 Å². The molecule has 2 aromatic heterocycles. The van der Waals surface area contributed by atoms with Crippen LogP contribution in [0.4, 0.5) is 0 Å². The number of rotatable bonds is 2. The van der Waals surface area contributed by atoms with Crippen molar-refractivity contribution in [1.29, 1.82) is 0 Å². The third kappa shape index (κ3) is 2.65. The van der Waals surface area contributed by atoms with Gasteiger partial charge in [-0.15, -0.1) is 23.1 Å². The van der Waals surface area contributed by atoms with Crippen LogP contribution in [0.2, 0.25) is 0 Å². The second-order valence-corrected chi connectivity index (χ2v) is 9.03. The number of hydrogen-bond donors (Lipinski definition) is 1. The minimum absolute atomic E-state index is 0.0674. The molecule has 2 aliphatic rings. The van der Waals surface area contributed by atoms with Gasteiger partial charge in [0.05, 0.1) is 5.25 Å². The van der Waals surface area contributed by atoms with Gasteiger partial charge in [0, 0.05) is 28.2 Å². The third-order valence-electron chi connectivity index (χ3n) is 3.94. The van der Waals surface area contributed by atoms with E-state index in [2.05, 4.69) is 28.8 Å². The van der Waals surface area contributed by atoms with Gasteiger partial charge in [0.2, 0.25) is 5.89 Å². The van der Waals surface area contributed by atoms with Crippen molar-refractivity contribution in [2.45, 2.75) is 29.9 Å². The molecule has 0 saturated carbocycles. The Balaban J connectivity index is 1.61. The van der Waals surface area contributed by atoms with Crippen LogP contribution < -0.4 is 5.32 Å². The lowest BCUT2D eigenvalue weighted by Crippen LogP contribution is -2.29. The van der Waals surface area contributed by atoms with Gasteiger partial charge in [-0.05, 0) is 23.4 Å². The molecule has 0 aromatic carbocycles. The summed E-state index contributed by atoms with van der Waals surface area (Å²) >= 11 is 5.77. The van der Waals surface area contributed by atoms with E-state index in [4.69, 9.17) is 9.51 Å². The van der Waals surface area contributed by atoms with E-state index in [-0.39, 0.29) is 6.04 Å². The van der Waals surface area contributed by atoms with Crippen LogP contribution in [0.3, 0.4) is 0 Å². The van der Waals surface area contributed by atoms with Gasteiger partial charge >= 0.3 is 0 Å². The fraction of sp³-hybridized carbons (Fsp3) is 0.571. The quantitative estimate of drug-likeness (QED) is 0.906. The molecular weight excluding hydrogens is 322 g/mol. The minimum atomic E-state index is 0.0674. The molecule has 0 spiro atoms. The highest BCUT2D eigenvalue weighted by Gasteiger charge is 2.31. The van der Waals surface area contributed by atoms with Crippen LogP contribution in [0.25, 0.3) is 0 Å². The third-order valence-corrected chi connectivity index (χ3v) is 8.02. The van der Waals surface area contributed by atoms with E-state index < -0.39 is 0 Å². The molecule has 1 fully saturated rings. The lowest BCUT2D eigenvalue weighted by atomic mass is 10.0. The van der Waals surface area contributed by atoms with E-state index in [1.807, 2.05) is 34.9 Å². The maximum atomic E-state index is 5.59. The molecule has 1 saturated heterocycles. The van der Waals surface area contributed by atoms with Gasteiger partial charge in [-0.25, -0.2) is 0 Å². The van der Waals surface area contributed by atoms with Crippen molar-refractivity contribution in [1.82, 2.24) is 15.5 Å². The van der Waals surface area contributed by atoms with Gasteiger partial charge in [0.15, 0.2) is 5.82 Å². The molecule has 7 heteroatoms. The normalized spacial score (nSPS) is 29.3. The summed E-state index contributed by atoms with van der Waals surface area (Å²) < 4.78 is 5.59. The smallest absolute Gasteiger partial charge is 0.248 e. The number of thiophene rings is 1. The molecule has 0 radical (unpaired) electrons. The Bertz CT molecular complexity index is 627. The molecule has 21 heavy (non-hydrogen) atoms. The first-order valence-electron chi connectivity index (χ1n) is 7.19. The van der Waals surface area contributed by atoms with Crippen molar-refractivity contribution >= 4 is 34.9 Å². The van der Waals surface area contributed by atoms with E-state index in [9.17, 15) is 0 Å². The van der Waals surface area contributed by atoms with Crippen LogP contribution in [-0.4, -0.2) is 33.4 Å². The fourth-order valence-corrected chi connectivity index (χ4v) is 6.47. The summed E-state index contributed by atoms with van der Waals surface area (Å²) in [6, 6.07) is 2.24. The minimum Gasteiger partial charge on any atom is -0.337 e. The highest BCUT2D eigenvalue weighted by molar-refractivity contribution is 8.06. The summed E-state index contributed by atoms with van der Waals surface area (Å²) in [7, 11) is 0. The number of nitrogens with zero attached hydrogens (tertiary/aromatic N) is 2. The molecule has 3 atom stereocenters. The second-order valence-electron chi connectivity index (χ2n) is 5.29. The number of nitrogens with one attached hydrogen (secondary N) is 1. The zero-order valence-electron chi connectivity index (χ0n) is 11.7. The van der Waals surface area contributed by atoms with E-state index >= 15 is 0 Å². The van der Waals surface area contributed by atoms with Crippen LogP contribution in [0.1, 0.15) is 40.4 Å². The summed E-state index contributed by atoms with van der Waals surface area (Å²) in [6.07, 6.45) is 1.09. The van der Waals surface area contributed by atoms with Crippen LogP contribution in [0.15, 0.2) is 16.0 Å². The maximum absolute atomic E-state index is 5.59. The van der Waals surface area contributed by atoms with Gasteiger partial charge in [0.1, 0.15) is 6.04 Å². The van der Waals surface area contributed by atoms with Crippen LogP contribution in [0.5, 0.6) is 0 Å². The molecule has 2 aromatic rings. The first-order chi connectivity index (χ1) is 10.3. The average molecular weight is 340 g/mol. The van der Waals surface area contributed by atoms with Crippen LogP contribution >= 0.6 is 34.9 Å². The molecule has 4 nitrogen and oxygen atoms in total. The summed E-state index contributed by atoms with van der Waals surface area (Å²) in [4.78, 5) is 6.16. The summed E-state index contributed by atoms with van der Waals surface area (Å²) in [5.41, 5.74) is 1.31. The molecule has 0 amide bonds. The Morgan fingerprint density at radius 1 is 1.33 bits per heavy atom. The van der Waals surface area contributed by atoms with E-state index in [0.717, 1.165) is 18.8 Å². The molecule has 1 N–H and O–H groups in total. The second kappa shape index (κ2) is 5.95. The van der Waals surface area contributed by atoms with Gasteiger partial charge in [-0.3, -0.25) is 0 Å². The Labute approximate surface area is 136 Å². The zero-order chi connectivity index (χ0) is 14.2. The molecule has 0 bridgehead atoms. The molecular formula is C14H17N3OS3. The van der Waals surface area contributed by atoms with Crippen molar-refractivity contribution in [2.75, 3.05) is 18.1 Å². The molecule has 3 unspecified atom stereocenters. The molecule has 4 rings (SSSR count). The van der Waals surface area contributed by atoms with Gasteiger partial charge in [-0.2, -0.15) is 16.7 Å². The van der Waals surface area contributed by atoms with Crippen molar-refractivity contribution in [3.05, 3.63) is 33.6 Å². The number of hydrogen-bond acceptors (Lipinski definition) is 7. The highest BCUT2D eigenvalue weighted by atomic mass is 32.2. The first-order valence-corrected chi connectivity index (χ1v) is 10.2. The zero-order valence-corrected chi connectivity index (χ0v) is 14.2. The number of thioether (sulfide) groups is 2. The summed E-state index contributed by atoms with van der Waals surface area (Å²) in [5, 5.41) is 10.8. The maximum Gasteiger partial charge on any atom is 0.248 e. The average Bonchev–Trinajstić information content (AvgIpc) is 3.16. The van der Waals surface area contributed by atoms with E-state index in [1.54, 1.807) is 0 Å². The standard InChI is InChI=1S/C14H17N3OS3/c1-8-12(21-7-6-19-8)13-16-14(18-17-13)11-9-3-5-20-10(9)2-4-15-11/h3,5,8,11-12,15H,2,4,6-7H2,1H3. The number of fused-ring (bicyclic) bond motifs is 1. The molecule has 2 aliphatic heterocycles. The highest BCUT2D eigenvalue weighted by Crippen LogP contribution is 2.41. The summed E-state index contributed by atoms with van der Waals surface area (Å²) in [6.45, 7) is 3.23. The predicted octanol–water partition coefficient (Wildman–Crippen LogP) is 3.28.